The molecule has 0 fully saturated rings. The molecular formula is C16H21ClN2O4S. The summed E-state index contributed by atoms with van der Waals surface area (Å²) < 4.78 is 0. The topological polar surface area (TPSA) is 86.7 Å². The minimum absolute atomic E-state index is 0.136. The smallest absolute Gasteiger partial charge is 0.326 e. The number of amides is 2. The quantitative estimate of drug-likeness (QED) is 0.683. The number of carbonyl (C=O) groups is 3. The minimum Gasteiger partial charge on any atom is -0.480 e. The largest absolute Gasteiger partial charge is 0.480 e. The lowest BCUT2D eigenvalue weighted by Crippen LogP contribution is -2.49. The predicted octanol–water partition coefficient (Wildman–Crippen LogP) is 2.26. The summed E-state index contributed by atoms with van der Waals surface area (Å²) in [6.45, 7) is 4.88. The SMILES string of the molecule is CC(=O)NCCN(C(=O)C(C)Sc1ccc(Cl)cc1)C(C)C(=O)O. The summed E-state index contributed by atoms with van der Waals surface area (Å²) in [5, 5.41) is 11.9. The van der Waals surface area contributed by atoms with E-state index in [0.717, 1.165) is 4.90 Å². The van der Waals surface area contributed by atoms with Crippen LogP contribution in [0.3, 0.4) is 0 Å². The van der Waals surface area contributed by atoms with Crippen LogP contribution in [0.1, 0.15) is 20.8 Å². The molecule has 0 aromatic heterocycles. The van der Waals surface area contributed by atoms with Crippen LogP contribution in [-0.4, -0.2) is 52.2 Å². The number of carbonyl (C=O) groups excluding carboxylic acids is 2. The lowest BCUT2D eigenvalue weighted by atomic mass is 10.2. The van der Waals surface area contributed by atoms with Crippen LogP contribution < -0.4 is 5.32 Å². The third-order valence-electron chi connectivity index (χ3n) is 3.31. The van der Waals surface area contributed by atoms with Gasteiger partial charge in [-0.3, -0.25) is 9.59 Å². The number of nitrogens with zero attached hydrogens (tertiary/aromatic N) is 1. The molecular weight excluding hydrogens is 352 g/mol. The van der Waals surface area contributed by atoms with E-state index in [1.165, 1.54) is 30.5 Å². The maximum absolute atomic E-state index is 12.6. The summed E-state index contributed by atoms with van der Waals surface area (Å²) >= 11 is 7.16. The Hall–Kier alpha value is -1.73. The third-order valence-corrected chi connectivity index (χ3v) is 4.66. The molecule has 0 saturated heterocycles. The van der Waals surface area contributed by atoms with Crippen LogP contribution >= 0.6 is 23.4 Å². The van der Waals surface area contributed by atoms with Crippen LogP contribution in [0.4, 0.5) is 0 Å². The van der Waals surface area contributed by atoms with E-state index in [-0.39, 0.29) is 24.9 Å². The molecule has 0 aliphatic rings. The van der Waals surface area contributed by atoms with Crippen molar-refractivity contribution in [1.82, 2.24) is 10.2 Å². The Bertz CT molecular complexity index is 594. The van der Waals surface area contributed by atoms with Crippen LogP contribution in [-0.2, 0) is 14.4 Å². The fraction of sp³-hybridized carbons (Fsp3) is 0.438. The molecule has 2 unspecified atom stereocenters. The van der Waals surface area contributed by atoms with E-state index in [2.05, 4.69) is 5.32 Å². The second-order valence-electron chi connectivity index (χ2n) is 5.24. The van der Waals surface area contributed by atoms with E-state index in [1.54, 1.807) is 31.2 Å². The van der Waals surface area contributed by atoms with Gasteiger partial charge in [0, 0.05) is 29.9 Å². The monoisotopic (exact) mass is 372 g/mol. The molecule has 1 rings (SSSR count). The number of aliphatic carboxylic acids is 1. The Kier molecular flexibility index (Phi) is 8.07. The molecule has 1 aromatic rings. The first-order valence-corrected chi connectivity index (χ1v) is 8.68. The highest BCUT2D eigenvalue weighted by Gasteiger charge is 2.29. The summed E-state index contributed by atoms with van der Waals surface area (Å²) in [4.78, 5) is 37.0. The van der Waals surface area contributed by atoms with Crippen molar-refractivity contribution < 1.29 is 19.5 Å². The Morgan fingerprint density at radius 2 is 1.83 bits per heavy atom. The van der Waals surface area contributed by atoms with Gasteiger partial charge in [0.05, 0.1) is 5.25 Å². The highest BCUT2D eigenvalue weighted by atomic mass is 35.5. The van der Waals surface area contributed by atoms with Crippen molar-refractivity contribution in [3.05, 3.63) is 29.3 Å². The van der Waals surface area contributed by atoms with Crippen molar-refractivity contribution in [2.45, 2.75) is 37.0 Å². The van der Waals surface area contributed by atoms with Crippen LogP contribution in [0, 0.1) is 0 Å². The summed E-state index contributed by atoms with van der Waals surface area (Å²) in [7, 11) is 0. The first-order valence-electron chi connectivity index (χ1n) is 7.42. The van der Waals surface area contributed by atoms with Crippen LogP contribution in [0.25, 0.3) is 0 Å². The van der Waals surface area contributed by atoms with E-state index in [4.69, 9.17) is 11.6 Å². The molecule has 2 atom stereocenters. The number of carboxylic acids is 1. The zero-order valence-electron chi connectivity index (χ0n) is 13.8. The molecule has 0 aliphatic carbocycles. The molecule has 6 nitrogen and oxygen atoms in total. The molecule has 0 spiro atoms. The average molecular weight is 373 g/mol. The molecule has 0 saturated carbocycles. The number of halogens is 1. The number of carboxylic acid groups (broad SMARTS) is 1. The van der Waals surface area contributed by atoms with Gasteiger partial charge >= 0.3 is 5.97 Å². The van der Waals surface area contributed by atoms with Crippen LogP contribution in [0.15, 0.2) is 29.2 Å². The van der Waals surface area contributed by atoms with Crippen molar-refractivity contribution >= 4 is 41.1 Å². The first kappa shape index (κ1) is 20.3. The van der Waals surface area contributed by atoms with E-state index in [1.807, 2.05) is 0 Å². The van der Waals surface area contributed by atoms with Crippen molar-refractivity contribution in [3.63, 3.8) is 0 Å². The predicted molar refractivity (Wildman–Crippen MR) is 94.3 cm³/mol. The molecule has 1 aromatic carbocycles. The van der Waals surface area contributed by atoms with Gasteiger partial charge in [-0.15, -0.1) is 11.8 Å². The van der Waals surface area contributed by atoms with Gasteiger partial charge in [-0.2, -0.15) is 0 Å². The Morgan fingerprint density at radius 1 is 1.25 bits per heavy atom. The van der Waals surface area contributed by atoms with Crippen LogP contribution in [0.2, 0.25) is 5.02 Å². The standard InChI is InChI=1S/C16H21ClN2O4S/c1-10(16(22)23)19(9-8-18-12(3)20)15(21)11(2)24-14-6-4-13(17)5-7-14/h4-7,10-11H,8-9H2,1-3H3,(H,18,20)(H,22,23). The second-order valence-corrected chi connectivity index (χ2v) is 7.09. The molecule has 2 amide bonds. The van der Waals surface area contributed by atoms with Crippen molar-refractivity contribution in [2.75, 3.05) is 13.1 Å². The van der Waals surface area contributed by atoms with Gasteiger partial charge in [0.2, 0.25) is 11.8 Å². The van der Waals surface area contributed by atoms with Gasteiger partial charge in [-0.05, 0) is 38.1 Å². The van der Waals surface area contributed by atoms with Gasteiger partial charge in [-0.1, -0.05) is 11.6 Å². The molecule has 0 aliphatic heterocycles. The average Bonchev–Trinajstić information content (AvgIpc) is 2.52. The minimum atomic E-state index is -1.09. The normalized spacial score (nSPS) is 13.0. The molecule has 0 radical (unpaired) electrons. The Morgan fingerprint density at radius 3 is 2.33 bits per heavy atom. The van der Waals surface area contributed by atoms with E-state index >= 15 is 0 Å². The van der Waals surface area contributed by atoms with Gasteiger partial charge in [0.1, 0.15) is 6.04 Å². The molecule has 24 heavy (non-hydrogen) atoms. The van der Waals surface area contributed by atoms with E-state index < -0.39 is 17.3 Å². The van der Waals surface area contributed by atoms with Crippen LogP contribution in [0.5, 0.6) is 0 Å². The van der Waals surface area contributed by atoms with Gasteiger partial charge < -0.3 is 15.3 Å². The van der Waals surface area contributed by atoms with Gasteiger partial charge in [0.15, 0.2) is 0 Å². The van der Waals surface area contributed by atoms with Crippen molar-refractivity contribution in [1.29, 1.82) is 0 Å². The molecule has 0 heterocycles. The molecule has 132 valence electrons. The fourth-order valence-corrected chi connectivity index (χ4v) is 3.05. The molecule has 0 bridgehead atoms. The lowest BCUT2D eigenvalue weighted by molar-refractivity contribution is -0.149. The maximum Gasteiger partial charge on any atom is 0.326 e. The number of thioether (sulfide) groups is 1. The summed E-state index contributed by atoms with van der Waals surface area (Å²) in [5.41, 5.74) is 0. The summed E-state index contributed by atoms with van der Waals surface area (Å²) in [6, 6.07) is 6.10. The van der Waals surface area contributed by atoms with E-state index in [0.29, 0.717) is 5.02 Å². The molecule has 8 heteroatoms. The van der Waals surface area contributed by atoms with Gasteiger partial charge in [0.25, 0.3) is 0 Å². The summed E-state index contributed by atoms with van der Waals surface area (Å²) in [6.07, 6.45) is 0. The van der Waals surface area contributed by atoms with E-state index in [9.17, 15) is 19.5 Å². The van der Waals surface area contributed by atoms with Gasteiger partial charge in [-0.25, -0.2) is 4.79 Å². The highest BCUT2D eigenvalue weighted by molar-refractivity contribution is 8.00. The first-order chi connectivity index (χ1) is 11.2. The van der Waals surface area contributed by atoms with Crippen molar-refractivity contribution in [3.8, 4) is 0 Å². The third kappa shape index (κ3) is 6.41. The number of nitrogens with one attached hydrogen (secondary N) is 1. The highest BCUT2D eigenvalue weighted by Crippen LogP contribution is 2.26. The van der Waals surface area contributed by atoms with Crippen molar-refractivity contribution in [2.24, 2.45) is 0 Å². The zero-order chi connectivity index (χ0) is 18.3. The number of rotatable bonds is 8. The number of hydrogen-bond acceptors (Lipinski definition) is 4. The molecule has 2 N–H and O–H groups in total. The second kappa shape index (κ2) is 9.54. The fourth-order valence-electron chi connectivity index (χ4n) is 1.98. The Labute approximate surface area is 150 Å². The zero-order valence-corrected chi connectivity index (χ0v) is 15.4. The Balaban J connectivity index is 2.78. The lowest BCUT2D eigenvalue weighted by Gasteiger charge is -2.29. The maximum atomic E-state index is 12.6. The number of benzene rings is 1. The number of hydrogen-bond donors (Lipinski definition) is 2. The summed E-state index contributed by atoms with van der Waals surface area (Å²) in [5.74, 6) is -1.61.